The highest BCUT2D eigenvalue weighted by molar-refractivity contribution is 7.89. The fraction of sp³-hybridized carbons (Fsp3) is 0.517. The molecule has 0 saturated heterocycles. The Morgan fingerprint density at radius 2 is 1.65 bits per heavy atom. The summed E-state index contributed by atoms with van der Waals surface area (Å²) in [6.45, 7) is -0.463. The second kappa shape index (κ2) is 9.58. The number of rotatable bonds is 8. The van der Waals surface area contributed by atoms with Crippen LogP contribution in [0.2, 0.25) is 0 Å². The average molecular weight is 576 g/mol. The summed E-state index contributed by atoms with van der Waals surface area (Å²) in [5.74, 6) is -0.137. The van der Waals surface area contributed by atoms with Crippen molar-refractivity contribution in [2.24, 2.45) is 28.9 Å². The van der Waals surface area contributed by atoms with E-state index in [0.29, 0.717) is 43.2 Å². The van der Waals surface area contributed by atoms with Crippen molar-refractivity contribution in [1.82, 2.24) is 9.62 Å². The molecule has 7 rings (SSSR count). The summed E-state index contributed by atoms with van der Waals surface area (Å²) in [5.41, 5.74) is 4.41. The fourth-order valence-corrected chi connectivity index (χ4v) is 9.30. The largest absolute Gasteiger partial charge is 0.417 e. The summed E-state index contributed by atoms with van der Waals surface area (Å²) >= 11 is 0. The minimum atomic E-state index is -4.78. The van der Waals surface area contributed by atoms with Crippen LogP contribution < -0.4 is 11.1 Å². The molecule has 2 aromatic rings. The van der Waals surface area contributed by atoms with Gasteiger partial charge in [0.2, 0.25) is 21.8 Å². The van der Waals surface area contributed by atoms with Gasteiger partial charge in [0.15, 0.2) is 0 Å². The van der Waals surface area contributed by atoms with E-state index in [1.165, 1.54) is 24.3 Å². The monoisotopic (exact) mass is 575 g/mol. The number of nitrogens with zero attached hydrogens (tertiary/aromatic N) is 1. The molecule has 2 atom stereocenters. The molecule has 2 aromatic carbocycles. The molecule has 0 heterocycles. The van der Waals surface area contributed by atoms with E-state index >= 15 is 0 Å². The molecule has 4 bridgehead atoms. The van der Waals surface area contributed by atoms with Crippen LogP contribution in [0.15, 0.2) is 53.4 Å². The summed E-state index contributed by atoms with van der Waals surface area (Å²) in [4.78, 5) is 25.0. The van der Waals surface area contributed by atoms with Crippen LogP contribution in [0.3, 0.4) is 0 Å². The molecule has 3 N–H and O–H groups in total. The molecule has 2 amide bonds. The molecule has 11 heteroatoms. The number of hydrogen-bond acceptors (Lipinski definition) is 4. The first kappa shape index (κ1) is 27.3. The molecule has 214 valence electrons. The Labute approximate surface area is 231 Å². The third-order valence-corrected chi connectivity index (χ3v) is 11.3. The zero-order chi connectivity index (χ0) is 28.4. The van der Waals surface area contributed by atoms with Gasteiger partial charge in [0.25, 0.3) is 0 Å². The molecule has 7 nitrogen and oxygen atoms in total. The van der Waals surface area contributed by atoms with E-state index < -0.39 is 50.6 Å². The average Bonchev–Trinajstić information content (AvgIpc) is 3.74. The second-order valence-corrected chi connectivity index (χ2v) is 14.0. The predicted molar refractivity (Wildman–Crippen MR) is 141 cm³/mol. The lowest BCUT2D eigenvalue weighted by Crippen LogP contribution is -2.62. The molecule has 40 heavy (non-hydrogen) atoms. The maximum absolute atomic E-state index is 14.1. The molecule has 5 fully saturated rings. The van der Waals surface area contributed by atoms with Crippen LogP contribution in [0.25, 0.3) is 11.1 Å². The van der Waals surface area contributed by atoms with E-state index in [-0.39, 0.29) is 29.3 Å². The Morgan fingerprint density at radius 3 is 2.23 bits per heavy atom. The summed E-state index contributed by atoms with van der Waals surface area (Å²) in [7, 11) is -4.39. The molecule has 0 aromatic heterocycles. The zero-order valence-electron chi connectivity index (χ0n) is 21.9. The van der Waals surface area contributed by atoms with Crippen molar-refractivity contribution in [2.75, 3.05) is 6.54 Å². The molecule has 5 aliphatic carbocycles. The Hall–Kier alpha value is -2.92. The Bertz CT molecular complexity index is 1430. The van der Waals surface area contributed by atoms with Gasteiger partial charge in [-0.25, -0.2) is 8.42 Å². The van der Waals surface area contributed by atoms with Crippen LogP contribution in [0.1, 0.15) is 50.5 Å². The van der Waals surface area contributed by atoms with Crippen molar-refractivity contribution in [2.45, 2.75) is 68.1 Å². The fourth-order valence-electron chi connectivity index (χ4n) is 7.63. The minimum absolute atomic E-state index is 0.105. The second-order valence-electron chi connectivity index (χ2n) is 12.1. The number of benzene rings is 2. The third kappa shape index (κ3) is 4.81. The Balaban J connectivity index is 1.23. The van der Waals surface area contributed by atoms with Crippen molar-refractivity contribution >= 4 is 21.8 Å². The van der Waals surface area contributed by atoms with Crippen molar-refractivity contribution in [3.8, 4) is 11.1 Å². The highest BCUT2D eigenvalue weighted by atomic mass is 32.2. The zero-order valence-corrected chi connectivity index (χ0v) is 22.7. The first-order valence-corrected chi connectivity index (χ1v) is 15.2. The van der Waals surface area contributed by atoms with E-state index in [1.807, 2.05) is 0 Å². The van der Waals surface area contributed by atoms with E-state index in [2.05, 4.69) is 5.32 Å². The Kier molecular flexibility index (Phi) is 6.53. The normalized spacial score (nSPS) is 29.5. The summed E-state index contributed by atoms with van der Waals surface area (Å²) in [5, 5.41) is 3.04. The van der Waals surface area contributed by atoms with Crippen molar-refractivity contribution in [3.05, 3.63) is 54.1 Å². The van der Waals surface area contributed by atoms with Gasteiger partial charge in [-0.05, 0) is 86.0 Å². The number of primary amides is 1. The lowest BCUT2D eigenvalue weighted by molar-refractivity contribution is -0.147. The van der Waals surface area contributed by atoms with Gasteiger partial charge in [-0.1, -0.05) is 36.4 Å². The van der Waals surface area contributed by atoms with E-state index in [9.17, 15) is 31.2 Å². The number of carbonyl (C=O) groups excluding carboxylic acids is 2. The summed E-state index contributed by atoms with van der Waals surface area (Å²) < 4.78 is 70.5. The van der Waals surface area contributed by atoms with Gasteiger partial charge in [0.1, 0.15) is 0 Å². The molecule has 5 saturated carbocycles. The first-order valence-electron chi connectivity index (χ1n) is 13.8. The lowest BCUT2D eigenvalue weighted by Gasteiger charge is -2.58. The lowest BCUT2D eigenvalue weighted by atomic mass is 9.47. The van der Waals surface area contributed by atoms with Gasteiger partial charge in [-0.2, -0.15) is 17.5 Å². The number of alkyl halides is 3. The first-order chi connectivity index (χ1) is 18.9. The van der Waals surface area contributed by atoms with Crippen molar-refractivity contribution in [3.63, 3.8) is 0 Å². The molecular formula is C29H32F3N3O4S. The van der Waals surface area contributed by atoms with E-state index in [0.717, 1.165) is 23.6 Å². The van der Waals surface area contributed by atoms with Gasteiger partial charge in [-0.3, -0.25) is 9.59 Å². The van der Waals surface area contributed by atoms with Crippen LogP contribution in [-0.4, -0.2) is 43.2 Å². The standard InChI is InChI=1S/C29H32F3N3O4S/c30-29(31,32)24-12-22(8-9-23(24)18-4-2-1-3-5-18)40(38,39)35(21-6-7-21)16-25(36)34-26-19-10-17-11-20(26)15-28(13-17,14-19)27(33)37/h1-5,8-9,12,17,19-21,26H,6-7,10-11,13-16H2,(H2,33,37)(H,34,36). The van der Waals surface area contributed by atoms with Gasteiger partial charge in [0.05, 0.1) is 17.0 Å². The third-order valence-electron chi connectivity index (χ3n) is 9.36. The quantitative estimate of drug-likeness (QED) is 0.489. The van der Waals surface area contributed by atoms with Crippen LogP contribution >= 0.6 is 0 Å². The molecule has 2 unspecified atom stereocenters. The molecule has 5 aliphatic rings. The molecule has 0 radical (unpaired) electrons. The topological polar surface area (TPSA) is 110 Å². The summed E-state index contributed by atoms with van der Waals surface area (Å²) in [6, 6.07) is 10.4. The van der Waals surface area contributed by atoms with Gasteiger partial charge < -0.3 is 11.1 Å². The Morgan fingerprint density at radius 1 is 1.00 bits per heavy atom. The van der Waals surface area contributed by atoms with Crippen LogP contribution in [0, 0.1) is 23.2 Å². The number of amides is 2. The van der Waals surface area contributed by atoms with Crippen LogP contribution in [0.4, 0.5) is 13.2 Å². The number of sulfonamides is 1. The van der Waals surface area contributed by atoms with Crippen LogP contribution in [-0.2, 0) is 25.8 Å². The number of halogens is 3. The van der Waals surface area contributed by atoms with E-state index in [1.54, 1.807) is 18.2 Å². The SMILES string of the molecule is NC(=O)C12CC3CC(C1)C(NC(=O)CN(C1CC1)S(=O)(=O)c1ccc(-c4ccccc4)c(C(F)(F)F)c1)C(C3)C2. The maximum Gasteiger partial charge on any atom is 0.417 e. The highest BCUT2D eigenvalue weighted by Gasteiger charge is 2.58. The molecule has 0 aliphatic heterocycles. The molecular weight excluding hydrogens is 543 g/mol. The highest BCUT2D eigenvalue weighted by Crippen LogP contribution is 2.60. The smallest absolute Gasteiger partial charge is 0.369 e. The van der Waals surface area contributed by atoms with Gasteiger partial charge >= 0.3 is 6.18 Å². The van der Waals surface area contributed by atoms with Crippen LogP contribution in [0.5, 0.6) is 0 Å². The predicted octanol–water partition coefficient (Wildman–Crippen LogP) is 4.32. The number of nitrogens with one attached hydrogen (secondary N) is 1. The number of carbonyl (C=O) groups is 2. The molecule has 0 spiro atoms. The van der Waals surface area contributed by atoms with Gasteiger partial charge in [-0.15, -0.1) is 0 Å². The summed E-state index contributed by atoms with van der Waals surface area (Å²) in [6.07, 6.45) is 0.144. The number of nitrogens with two attached hydrogens (primary N) is 1. The van der Waals surface area contributed by atoms with Crippen molar-refractivity contribution < 1.29 is 31.2 Å². The minimum Gasteiger partial charge on any atom is -0.369 e. The van der Waals surface area contributed by atoms with Crippen molar-refractivity contribution in [1.29, 1.82) is 0 Å². The maximum atomic E-state index is 14.1. The number of hydrogen-bond donors (Lipinski definition) is 2. The van der Waals surface area contributed by atoms with E-state index in [4.69, 9.17) is 5.73 Å². The van der Waals surface area contributed by atoms with Gasteiger partial charge in [0, 0.05) is 17.5 Å².